The largest absolute Gasteiger partial charge is 0.493 e. The average molecular weight is 444 g/mol. The Bertz CT molecular complexity index is 1020. The van der Waals surface area contributed by atoms with Crippen LogP contribution in [0.1, 0.15) is 30.2 Å². The third-order valence-corrected chi connectivity index (χ3v) is 5.87. The van der Waals surface area contributed by atoms with Crippen LogP contribution in [0.5, 0.6) is 17.2 Å². The number of ether oxygens (including phenoxy) is 3. The lowest BCUT2D eigenvalue weighted by atomic mass is 9.91. The van der Waals surface area contributed by atoms with Crippen LogP contribution in [0.15, 0.2) is 40.9 Å². The molecule has 0 amide bonds. The molecule has 0 unspecified atom stereocenters. The smallest absolute Gasteiger partial charge is 0.241 e. The molecular weight excluding hydrogens is 418 g/mol. The van der Waals surface area contributed by atoms with Crippen LogP contribution in [0.25, 0.3) is 11.4 Å². The molecule has 1 atom stereocenters. The van der Waals surface area contributed by atoms with Crippen LogP contribution in [0, 0.1) is 0 Å². The zero-order valence-corrected chi connectivity index (χ0v) is 18.7. The van der Waals surface area contributed by atoms with E-state index in [0.29, 0.717) is 47.0 Å². The molecule has 1 aromatic heterocycles. The van der Waals surface area contributed by atoms with Crippen molar-refractivity contribution in [2.75, 3.05) is 34.4 Å². The number of hydrogen-bond acceptors (Lipinski definition) is 7. The van der Waals surface area contributed by atoms with Gasteiger partial charge in [-0.2, -0.15) is 4.98 Å². The Morgan fingerprint density at radius 1 is 1.03 bits per heavy atom. The predicted octanol–water partition coefficient (Wildman–Crippen LogP) is 4.80. The van der Waals surface area contributed by atoms with Crippen LogP contribution in [0.2, 0.25) is 5.02 Å². The highest BCUT2D eigenvalue weighted by Crippen LogP contribution is 2.43. The topological polar surface area (TPSA) is 69.9 Å². The first kappa shape index (κ1) is 21.5. The number of nitrogens with zero attached hydrogens (tertiary/aromatic N) is 3. The fourth-order valence-electron chi connectivity index (χ4n) is 4.10. The molecule has 4 rings (SSSR count). The highest BCUT2D eigenvalue weighted by atomic mass is 35.5. The summed E-state index contributed by atoms with van der Waals surface area (Å²) >= 11 is 6.04. The molecular formula is C23H26ClN3O4. The number of likely N-dealkylation sites (tertiary alicyclic amines) is 1. The maximum atomic E-state index is 6.04. The summed E-state index contributed by atoms with van der Waals surface area (Å²) in [5.74, 6) is 3.08. The SMILES string of the molecule is COc1ccc(-c2noc(CN3CCC[C@H](c4ccc(Cl)cc4)C3)n2)c(OC)c1OC. The first-order valence-electron chi connectivity index (χ1n) is 10.2. The monoisotopic (exact) mass is 443 g/mol. The summed E-state index contributed by atoms with van der Waals surface area (Å²) in [6, 6.07) is 11.8. The summed E-state index contributed by atoms with van der Waals surface area (Å²) in [5, 5.41) is 4.94. The Hall–Kier alpha value is -2.77. The highest BCUT2D eigenvalue weighted by Gasteiger charge is 2.24. The van der Waals surface area contributed by atoms with Crippen LogP contribution in [-0.4, -0.2) is 49.5 Å². The summed E-state index contributed by atoms with van der Waals surface area (Å²) in [7, 11) is 4.73. The van der Waals surface area contributed by atoms with E-state index in [1.54, 1.807) is 27.4 Å². The quantitative estimate of drug-likeness (QED) is 0.519. The summed E-state index contributed by atoms with van der Waals surface area (Å²) < 4.78 is 21.9. The van der Waals surface area contributed by atoms with E-state index in [2.05, 4.69) is 27.2 Å². The van der Waals surface area contributed by atoms with E-state index in [-0.39, 0.29) is 0 Å². The Labute approximate surface area is 186 Å². The summed E-state index contributed by atoms with van der Waals surface area (Å²) in [4.78, 5) is 6.96. The van der Waals surface area contributed by atoms with Crippen LogP contribution < -0.4 is 14.2 Å². The molecule has 1 fully saturated rings. The van der Waals surface area contributed by atoms with Crippen LogP contribution in [0.4, 0.5) is 0 Å². The maximum Gasteiger partial charge on any atom is 0.241 e. The van der Waals surface area contributed by atoms with E-state index >= 15 is 0 Å². The Kier molecular flexibility index (Phi) is 6.63. The highest BCUT2D eigenvalue weighted by molar-refractivity contribution is 6.30. The lowest BCUT2D eigenvalue weighted by molar-refractivity contribution is 0.177. The molecule has 3 aromatic rings. The van der Waals surface area contributed by atoms with E-state index in [1.165, 1.54) is 5.56 Å². The molecule has 31 heavy (non-hydrogen) atoms. The third-order valence-electron chi connectivity index (χ3n) is 5.62. The van der Waals surface area contributed by atoms with Gasteiger partial charge in [0.15, 0.2) is 11.5 Å². The van der Waals surface area contributed by atoms with Gasteiger partial charge in [0, 0.05) is 11.6 Å². The molecule has 1 aliphatic heterocycles. The Morgan fingerprint density at radius 2 is 1.81 bits per heavy atom. The lowest BCUT2D eigenvalue weighted by Gasteiger charge is -2.32. The molecule has 8 heteroatoms. The van der Waals surface area contributed by atoms with E-state index in [9.17, 15) is 0 Å². The predicted molar refractivity (Wildman–Crippen MR) is 118 cm³/mol. The molecule has 1 saturated heterocycles. The summed E-state index contributed by atoms with van der Waals surface area (Å²) in [6.45, 7) is 2.55. The number of rotatable bonds is 7. The second-order valence-corrected chi connectivity index (χ2v) is 7.96. The van der Waals surface area contributed by atoms with Crippen molar-refractivity contribution in [1.82, 2.24) is 15.0 Å². The van der Waals surface area contributed by atoms with Crippen molar-refractivity contribution >= 4 is 11.6 Å². The molecule has 164 valence electrons. The van der Waals surface area contributed by atoms with Gasteiger partial charge >= 0.3 is 0 Å². The van der Waals surface area contributed by atoms with E-state index in [4.69, 9.17) is 30.3 Å². The summed E-state index contributed by atoms with van der Waals surface area (Å²) in [5.41, 5.74) is 2.00. The van der Waals surface area contributed by atoms with Gasteiger partial charge < -0.3 is 18.7 Å². The van der Waals surface area contributed by atoms with Crippen molar-refractivity contribution in [2.24, 2.45) is 0 Å². The van der Waals surface area contributed by atoms with Crippen LogP contribution in [-0.2, 0) is 6.54 Å². The third kappa shape index (κ3) is 4.62. The number of piperidine rings is 1. The number of hydrogen-bond donors (Lipinski definition) is 0. The van der Waals surface area contributed by atoms with Crippen molar-refractivity contribution in [1.29, 1.82) is 0 Å². The molecule has 0 spiro atoms. The molecule has 0 aliphatic carbocycles. The fraction of sp³-hybridized carbons (Fsp3) is 0.391. The van der Waals surface area contributed by atoms with E-state index in [1.807, 2.05) is 18.2 Å². The zero-order chi connectivity index (χ0) is 21.8. The first-order chi connectivity index (χ1) is 15.1. The normalized spacial score (nSPS) is 16.8. The number of aromatic nitrogens is 2. The second kappa shape index (κ2) is 9.58. The van der Waals surface area contributed by atoms with Gasteiger partial charge in [-0.25, -0.2) is 0 Å². The fourth-order valence-corrected chi connectivity index (χ4v) is 4.23. The minimum atomic E-state index is 0.457. The molecule has 1 aliphatic rings. The average Bonchev–Trinajstić information content (AvgIpc) is 3.26. The zero-order valence-electron chi connectivity index (χ0n) is 17.9. The van der Waals surface area contributed by atoms with Gasteiger partial charge in [0.2, 0.25) is 17.5 Å². The standard InChI is InChI=1S/C23H26ClN3O4/c1-28-19-11-10-18(21(29-2)22(19)30-3)23-25-20(31-26-23)14-27-12-4-5-16(13-27)15-6-8-17(24)9-7-15/h6-11,16H,4-5,12-14H2,1-3H3/t16-/m0/s1. The molecule has 2 heterocycles. The van der Waals surface area contributed by atoms with Crippen molar-refractivity contribution in [3.05, 3.63) is 52.9 Å². The van der Waals surface area contributed by atoms with Crippen LogP contribution in [0.3, 0.4) is 0 Å². The molecule has 7 nitrogen and oxygen atoms in total. The van der Waals surface area contributed by atoms with Gasteiger partial charge in [-0.3, -0.25) is 4.90 Å². The minimum Gasteiger partial charge on any atom is -0.493 e. The van der Waals surface area contributed by atoms with Crippen molar-refractivity contribution in [3.8, 4) is 28.6 Å². The molecule has 0 saturated carbocycles. The van der Waals surface area contributed by atoms with E-state index < -0.39 is 0 Å². The molecule has 0 N–H and O–H groups in total. The van der Waals surface area contributed by atoms with Crippen LogP contribution >= 0.6 is 11.6 Å². The van der Waals surface area contributed by atoms with Crippen molar-refractivity contribution < 1.29 is 18.7 Å². The Morgan fingerprint density at radius 3 is 2.52 bits per heavy atom. The van der Waals surface area contributed by atoms with Gasteiger partial charge in [-0.1, -0.05) is 28.9 Å². The van der Waals surface area contributed by atoms with Gasteiger partial charge in [0.1, 0.15) is 0 Å². The number of methoxy groups -OCH3 is 3. The van der Waals surface area contributed by atoms with E-state index in [0.717, 1.165) is 31.0 Å². The van der Waals surface area contributed by atoms with Gasteiger partial charge in [-0.15, -0.1) is 0 Å². The molecule has 0 bridgehead atoms. The van der Waals surface area contributed by atoms with Crippen molar-refractivity contribution in [2.45, 2.75) is 25.3 Å². The maximum absolute atomic E-state index is 6.04. The first-order valence-corrected chi connectivity index (χ1v) is 10.6. The number of halogens is 1. The number of benzene rings is 2. The minimum absolute atomic E-state index is 0.457. The second-order valence-electron chi connectivity index (χ2n) is 7.52. The molecule has 2 aromatic carbocycles. The summed E-state index contributed by atoms with van der Waals surface area (Å²) in [6.07, 6.45) is 2.29. The molecule has 0 radical (unpaired) electrons. The Balaban J connectivity index is 1.50. The van der Waals surface area contributed by atoms with Gasteiger partial charge in [0.25, 0.3) is 0 Å². The van der Waals surface area contributed by atoms with Gasteiger partial charge in [0.05, 0.1) is 33.4 Å². The lowest BCUT2D eigenvalue weighted by Crippen LogP contribution is -2.34. The van der Waals surface area contributed by atoms with Crippen molar-refractivity contribution in [3.63, 3.8) is 0 Å². The van der Waals surface area contributed by atoms with Gasteiger partial charge in [-0.05, 0) is 55.1 Å².